The highest BCUT2D eigenvalue weighted by molar-refractivity contribution is 5.95. The third kappa shape index (κ3) is 5.14. The number of aryl methyl sites for hydroxylation is 1. The molecule has 3 N–H and O–H groups in total. The van der Waals surface area contributed by atoms with Crippen LogP contribution in [-0.4, -0.2) is 16.9 Å². The number of amides is 1. The molecule has 0 unspecified atom stereocenters. The maximum atomic E-state index is 11.8. The molecule has 112 valence electrons. The van der Waals surface area contributed by atoms with Crippen molar-refractivity contribution in [1.29, 1.82) is 0 Å². The van der Waals surface area contributed by atoms with E-state index in [-0.39, 0.29) is 24.0 Å². The molecule has 0 fully saturated rings. The van der Waals surface area contributed by atoms with E-state index in [0.717, 1.165) is 0 Å². The van der Waals surface area contributed by atoms with E-state index in [1.165, 1.54) is 6.07 Å². The van der Waals surface area contributed by atoms with Crippen LogP contribution in [0, 0.1) is 23.0 Å². The first-order chi connectivity index (χ1) is 8.81. The second kappa shape index (κ2) is 7.81. The first-order valence-electron chi connectivity index (χ1n) is 6.12. The second-order valence-electron chi connectivity index (χ2n) is 4.98. The van der Waals surface area contributed by atoms with Crippen molar-refractivity contribution in [2.75, 3.05) is 5.32 Å². The monoisotopic (exact) mass is 301 g/mol. The summed E-state index contributed by atoms with van der Waals surface area (Å²) in [6, 6.07) is 3.96. The Bertz CT molecular complexity index is 492. The van der Waals surface area contributed by atoms with Crippen LogP contribution in [0.15, 0.2) is 18.2 Å². The zero-order valence-electron chi connectivity index (χ0n) is 11.8. The van der Waals surface area contributed by atoms with Crippen molar-refractivity contribution in [3.8, 4) is 0 Å². The average Bonchev–Trinajstić information content (AvgIpc) is 2.30. The first-order valence-corrected chi connectivity index (χ1v) is 6.12. The SMILES string of the molecule is Cc1ccc(NC(=O)[C@@H](N)CC(C)C)cc1[N+](=O)[O-].Cl. The fourth-order valence-electron chi connectivity index (χ4n) is 1.73. The van der Waals surface area contributed by atoms with E-state index in [0.29, 0.717) is 23.6 Å². The van der Waals surface area contributed by atoms with Crippen molar-refractivity contribution in [3.05, 3.63) is 33.9 Å². The molecule has 1 rings (SSSR count). The smallest absolute Gasteiger partial charge is 0.274 e. The van der Waals surface area contributed by atoms with E-state index in [4.69, 9.17) is 5.73 Å². The summed E-state index contributed by atoms with van der Waals surface area (Å²) < 4.78 is 0. The predicted octanol–water partition coefficient (Wildman–Crippen LogP) is 2.64. The number of nitrogens with zero attached hydrogens (tertiary/aromatic N) is 1. The highest BCUT2D eigenvalue weighted by atomic mass is 35.5. The molecule has 0 saturated heterocycles. The molecule has 1 amide bonds. The molecule has 20 heavy (non-hydrogen) atoms. The fourth-order valence-corrected chi connectivity index (χ4v) is 1.73. The van der Waals surface area contributed by atoms with Gasteiger partial charge in [-0.15, -0.1) is 12.4 Å². The number of hydrogen-bond donors (Lipinski definition) is 2. The summed E-state index contributed by atoms with van der Waals surface area (Å²) >= 11 is 0. The number of hydrogen-bond acceptors (Lipinski definition) is 4. The minimum atomic E-state index is -0.611. The minimum Gasteiger partial charge on any atom is -0.324 e. The molecule has 0 aliphatic carbocycles. The van der Waals surface area contributed by atoms with Crippen LogP contribution in [0.1, 0.15) is 25.8 Å². The van der Waals surface area contributed by atoms with Gasteiger partial charge in [0.25, 0.3) is 5.69 Å². The molecule has 0 aromatic heterocycles. The Morgan fingerprint density at radius 3 is 2.55 bits per heavy atom. The molecule has 0 radical (unpaired) electrons. The Morgan fingerprint density at radius 2 is 2.05 bits per heavy atom. The molecule has 0 spiro atoms. The molecular weight excluding hydrogens is 282 g/mol. The molecule has 0 saturated carbocycles. The molecule has 1 aromatic carbocycles. The number of nitro benzene ring substituents is 1. The van der Waals surface area contributed by atoms with Crippen LogP contribution in [0.2, 0.25) is 0 Å². The maximum Gasteiger partial charge on any atom is 0.274 e. The van der Waals surface area contributed by atoms with Crippen molar-refractivity contribution < 1.29 is 9.72 Å². The van der Waals surface area contributed by atoms with Crippen LogP contribution < -0.4 is 11.1 Å². The van der Waals surface area contributed by atoms with Crippen LogP contribution in [0.4, 0.5) is 11.4 Å². The van der Waals surface area contributed by atoms with Gasteiger partial charge in [0.05, 0.1) is 11.0 Å². The molecular formula is C13H20ClN3O3. The van der Waals surface area contributed by atoms with Gasteiger partial charge in [-0.3, -0.25) is 14.9 Å². The first kappa shape index (κ1) is 18.3. The number of rotatable bonds is 5. The summed E-state index contributed by atoms with van der Waals surface area (Å²) in [7, 11) is 0. The predicted molar refractivity (Wildman–Crippen MR) is 81.1 cm³/mol. The molecule has 0 heterocycles. The van der Waals surface area contributed by atoms with E-state index in [1.807, 2.05) is 13.8 Å². The summed E-state index contributed by atoms with van der Waals surface area (Å²) in [6.45, 7) is 5.60. The molecule has 6 nitrogen and oxygen atoms in total. The zero-order valence-corrected chi connectivity index (χ0v) is 12.6. The van der Waals surface area contributed by atoms with Crippen LogP contribution in [0.5, 0.6) is 0 Å². The lowest BCUT2D eigenvalue weighted by molar-refractivity contribution is -0.385. The molecule has 7 heteroatoms. The van der Waals surface area contributed by atoms with Crippen molar-refractivity contribution in [3.63, 3.8) is 0 Å². The summed E-state index contributed by atoms with van der Waals surface area (Å²) in [5.41, 5.74) is 6.67. The largest absolute Gasteiger partial charge is 0.324 e. The van der Waals surface area contributed by atoms with Gasteiger partial charge in [-0.05, 0) is 25.3 Å². The quantitative estimate of drug-likeness (QED) is 0.645. The maximum absolute atomic E-state index is 11.8. The van der Waals surface area contributed by atoms with E-state index >= 15 is 0 Å². The fraction of sp³-hybridized carbons (Fsp3) is 0.462. The van der Waals surface area contributed by atoms with Gasteiger partial charge >= 0.3 is 0 Å². The Balaban J connectivity index is 0.00000361. The minimum absolute atomic E-state index is 0. The Hall–Kier alpha value is -1.66. The van der Waals surface area contributed by atoms with Gasteiger partial charge in [0.1, 0.15) is 0 Å². The molecule has 0 bridgehead atoms. The second-order valence-corrected chi connectivity index (χ2v) is 4.98. The molecule has 0 aliphatic rings. The number of nitrogens with two attached hydrogens (primary N) is 1. The van der Waals surface area contributed by atoms with Crippen molar-refractivity contribution in [1.82, 2.24) is 0 Å². The summed E-state index contributed by atoms with van der Waals surface area (Å²) in [5.74, 6) is -0.0139. The number of benzene rings is 1. The Morgan fingerprint density at radius 1 is 1.45 bits per heavy atom. The summed E-state index contributed by atoms with van der Waals surface area (Å²) in [6.07, 6.45) is 0.569. The topological polar surface area (TPSA) is 98.3 Å². The number of carbonyl (C=O) groups excluding carboxylic acids is 1. The summed E-state index contributed by atoms with van der Waals surface area (Å²) in [4.78, 5) is 22.1. The third-order valence-electron chi connectivity index (χ3n) is 2.74. The van der Waals surface area contributed by atoms with E-state index in [9.17, 15) is 14.9 Å². The lowest BCUT2D eigenvalue weighted by Gasteiger charge is -2.14. The lowest BCUT2D eigenvalue weighted by Crippen LogP contribution is -2.36. The number of nitrogens with one attached hydrogen (secondary N) is 1. The van der Waals surface area contributed by atoms with Crippen molar-refractivity contribution >= 4 is 29.7 Å². The van der Waals surface area contributed by atoms with Crippen molar-refractivity contribution in [2.45, 2.75) is 33.2 Å². The van der Waals surface area contributed by atoms with E-state index in [1.54, 1.807) is 19.1 Å². The number of halogens is 1. The Kier molecular flexibility index (Phi) is 7.17. The lowest BCUT2D eigenvalue weighted by atomic mass is 10.0. The summed E-state index contributed by atoms with van der Waals surface area (Å²) in [5, 5.41) is 13.4. The third-order valence-corrected chi connectivity index (χ3v) is 2.74. The van der Waals surface area contributed by atoms with Gasteiger partial charge in [0.2, 0.25) is 5.91 Å². The molecule has 1 atom stereocenters. The molecule has 0 aliphatic heterocycles. The normalized spacial score (nSPS) is 11.7. The number of nitro groups is 1. The van der Waals surface area contributed by atoms with Gasteiger partial charge in [-0.2, -0.15) is 0 Å². The van der Waals surface area contributed by atoms with E-state index in [2.05, 4.69) is 5.32 Å². The highest BCUT2D eigenvalue weighted by Crippen LogP contribution is 2.22. The van der Waals surface area contributed by atoms with E-state index < -0.39 is 11.0 Å². The number of carbonyl (C=O) groups is 1. The molecule has 1 aromatic rings. The van der Waals surface area contributed by atoms with Crippen LogP contribution in [0.3, 0.4) is 0 Å². The number of anilines is 1. The standard InChI is InChI=1S/C13H19N3O3.ClH/c1-8(2)6-11(14)13(17)15-10-5-4-9(3)12(7-10)16(18)19;/h4-5,7-8,11H,6,14H2,1-3H3,(H,15,17);1H/t11-;/m0./s1. The van der Waals surface area contributed by atoms with Crippen LogP contribution in [-0.2, 0) is 4.79 Å². The van der Waals surface area contributed by atoms with Gasteiger partial charge < -0.3 is 11.1 Å². The van der Waals surface area contributed by atoms with Gasteiger partial charge in [-0.1, -0.05) is 19.9 Å². The van der Waals surface area contributed by atoms with Gasteiger partial charge in [0, 0.05) is 17.3 Å². The van der Waals surface area contributed by atoms with Crippen LogP contribution in [0.25, 0.3) is 0 Å². The van der Waals surface area contributed by atoms with Crippen molar-refractivity contribution in [2.24, 2.45) is 11.7 Å². The van der Waals surface area contributed by atoms with Gasteiger partial charge in [-0.25, -0.2) is 0 Å². The highest BCUT2D eigenvalue weighted by Gasteiger charge is 2.17. The van der Waals surface area contributed by atoms with Gasteiger partial charge in [0.15, 0.2) is 0 Å². The van der Waals surface area contributed by atoms with Crippen LogP contribution >= 0.6 is 12.4 Å². The Labute approximate surface area is 124 Å². The zero-order chi connectivity index (χ0) is 14.6. The average molecular weight is 302 g/mol.